The van der Waals surface area contributed by atoms with Crippen LogP contribution in [0.25, 0.3) is 11.4 Å². The number of aromatic nitrogens is 3. The highest BCUT2D eigenvalue weighted by molar-refractivity contribution is 9.11. The summed E-state index contributed by atoms with van der Waals surface area (Å²) < 4.78 is 3.76. The number of hydrogen-bond donors (Lipinski definition) is 1. The van der Waals surface area contributed by atoms with Crippen molar-refractivity contribution < 1.29 is 4.79 Å². The van der Waals surface area contributed by atoms with Crippen LogP contribution in [-0.4, -0.2) is 26.4 Å². The highest BCUT2D eigenvalue weighted by Crippen LogP contribution is 2.27. The van der Waals surface area contributed by atoms with Crippen molar-refractivity contribution in [3.63, 3.8) is 0 Å². The van der Waals surface area contributed by atoms with Crippen LogP contribution in [-0.2, 0) is 11.3 Å². The Morgan fingerprint density at radius 2 is 1.92 bits per heavy atom. The largest absolute Gasteiger partial charge is 0.324 e. The number of carbonyl (C=O) groups is 1. The highest BCUT2D eigenvalue weighted by atomic mass is 79.9. The first kappa shape index (κ1) is 19.1. The number of nitrogens with zero attached hydrogens (tertiary/aromatic N) is 3. The van der Waals surface area contributed by atoms with Crippen LogP contribution in [0.2, 0.25) is 0 Å². The molecule has 0 saturated heterocycles. The van der Waals surface area contributed by atoms with Gasteiger partial charge in [0.1, 0.15) is 0 Å². The number of anilines is 1. The fourth-order valence-electron chi connectivity index (χ4n) is 2.39. The van der Waals surface area contributed by atoms with E-state index in [4.69, 9.17) is 0 Å². The standard InChI is InChI=1S/C18H16Br2N4OS/c1-2-24-17(12-6-4-3-5-7-12)22-23-18(24)26-11-16(25)21-15-10-13(19)8-9-14(15)20/h3-10H,2,11H2,1H3,(H,21,25). The van der Waals surface area contributed by atoms with Crippen molar-refractivity contribution in [2.75, 3.05) is 11.1 Å². The van der Waals surface area contributed by atoms with Crippen LogP contribution in [0.4, 0.5) is 5.69 Å². The van der Waals surface area contributed by atoms with E-state index in [0.29, 0.717) is 0 Å². The molecule has 1 amide bonds. The molecule has 8 heteroatoms. The number of thioether (sulfide) groups is 1. The van der Waals surface area contributed by atoms with Crippen molar-refractivity contribution in [3.05, 3.63) is 57.5 Å². The Labute approximate surface area is 172 Å². The minimum Gasteiger partial charge on any atom is -0.324 e. The van der Waals surface area contributed by atoms with E-state index in [0.717, 1.165) is 37.7 Å². The number of benzene rings is 2. The van der Waals surface area contributed by atoms with Gasteiger partial charge in [0.15, 0.2) is 11.0 Å². The van der Waals surface area contributed by atoms with E-state index in [2.05, 4.69) is 47.4 Å². The van der Waals surface area contributed by atoms with Gasteiger partial charge in [-0.1, -0.05) is 58.0 Å². The topological polar surface area (TPSA) is 59.8 Å². The molecule has 0 unspecified atom stereocenters. The molecule has 1 aromatic heterocycles. The van der Waals surface area contributed by atoms with Crippen LogP contribution in [0.3, 0.4) is 0 Å². The number of nitrogens with one attached hydrogen (secondary N) is 1. The Balaban J connectivity index is 1.69. The van der Waals surface area contributed by atoms with E-state index in [9.17, 15) is 4.79 Å². The molecule has 1 N–H and O–H groups in total. The van der Waals surface area contributed by atoms with Gasteiger partial charge < -0.3 is 9.88 Å². The lowest BCUT2D eigenvalue weighted by molar-refractivity contribution is -0.113. The SMILES string of the molecule is CCn1c(SCC(=O)Nc2cc(Br)ccc2Br)nnc1-c1ccccc1. The maximum absolute atomic E-state index is 12.3. The Bertz CT molecular complexity index is 915. The van der Waals surface area contributed by atoms with E-state index in [-0.39, 0.29) is 11.7 Å². The van der Waals surface area contributed by atoms with Gasteiger partial charge in [0.2, 0.25) is 5.91 Å². The van der Waals surface area contributed by atoms with Crippen LogP contribution in [0.15, 0.2) is 62.6 Å². The molecule has 3 aromatic rings. The molecule has 0 atom stereocenters. The van der Waals surface area contributed by atoms with E-state index in [1.54, 1.807) is 0 Å². The molecule has 0 aliphatic rings. The Kier molecular flexibility index (Phi) is 6.50. The monoisotopic (exact) mass is 494 g/mol. The smallest absolute Gasteiger partial charge is 0.234 e. The summed E-state index contributed by atoms with van der Waals surface area (Å²) in [5.41, 5.74) is 1.74. The predicted molar refractivity (Wildman–Crippen MR) is 112 cm³/mol. The van der Waals surface area contributed by atoms with E-state index in [1.807, 2.05) is 60.0 Å². The van der Waals surface area contributed by atoms with Gasteiger partial charge >= 0.3 is 0 Å². The molecule has 26 heavy (non-hydrogen) atoms. The van der Waals surface area contributed by atoms with Crippen molar-refractivity contribution in [3.8, 4) is 11.4 Å². The maximum Gasteiger partial charge on any atom is 0.234 e. The normalized spacial score (nSPS) is 10.7. The van der Waals surface area contributed by atoms with Crippen LogP contribution >= 0.6 is 43.6 Å². The van der Waals surface area contributed by atoms with Gasteiger partial charge in [-0.15, -0.1) is 10.2 Å². The third-order valence-electron chi connectivity index (χ3n) is 3.60. The third kappa shape index (κ3) is 4.55. The second kappa shape index (κ2) is 8.83. The quantitative estimate of drug-likeness (QED) is 0.476. The summed E-state index contributed by atoms with van der Waals surface area (Å²) in [6.45, 7) is 2.77. The molecular weight excluding hydrogens is 480 g/mol. The van der Waals surface area contributed by atoms with Gasteiger partial charge in [0, 0.05) is 21.1 Å². The zero-order valence-electron chi connectivity index (χ0n) is 13.9. The van der Waals surface area contributed by atoms with Gasteiger partial charge in [-0.2, -0.15) is 0 Å². The first-order valence-electron chi connectivity index (χ1n) is 7.94. The Morgan fingerprint density at radius 3 is 2.65 bits per heavy atom. The molecule has 134 valence electrons. The van der Waals surface area contributed by atoms with E-state index >= 15 is 0 Å². The summed E-state index contributed by atoms with van der Waals surface area (Å²) in [6.07, 6.45) is 0. The molecular formula is C18H16Br2N4OS. The van der Waals surface area contributed by atoms with E-state index < -0.39 is 0 Å². The Hall–Kier alpha value is -1.64. The fourth-order valence-corrected chi connectivity index (χ4v) is 3.90. The zero-order chi connectivity index (χ0) is 18.5. The fraction of sp³-hybridized carbons (Fsp3) is 0.167. The van der Waals surface area contributed by atoms with Gasteiger partial charge in [-0.3, -0.25) is 4.79 Å². The van der Waals surface area contributed by atoms with Crippen molar-refractivity contribution in [1.82, 2.24) is 14.8 Å². The van der Waals surface area contributed by atoms with Gasteiger partial charge in [-0.05, 0) is 41.1 Å². The lowest BCUT2D eigenvalue weighted by Gasteiger charge is -2.09. The van der Waals surface area contributed by atoms with E-state index in [1.165, 1.54) is 11.8 Å². The molecule has 2 aromatic carbocycles. The lowest BCUT2D eigenvalue weighted by atomic mass is 10.2. The van der Waals surface area contributed by atoms with Crippen molar-refractivity contribution in [1.29, 1.82) is 0 Å². The second-order valence-electron chi connectivity index (χ2n) is 5.38. The maximum atomic E-state index is 12.3. The third-order valence-corrected chi connectivity index (χ3v) is 5.75. The summed E-state index contributed by atoms with van der Waals surface area (Å²) in [7, 11) is 0. The molecule has 0 spiro atoms. The minimum atomic E-state index is -0.0966. The average molecular weight is 496 g/mol. The summed E-state index contributed by atoms with van der Waals surface area (Å²) in [5.74, 6) is 0.970. The minimum absolute atomic E-state index is 0.0966. The van der Waals surface area contributed by atoms with Crippen molar-refractivity contribution >= 4 is 55.2 Å². The van der Waals surface area contributed by atoms with Crippen LogP contribution in [0.5, 0.6) is 0 Å². The highest BCUT2D eigenvalue weighted by Gasteiger charge is 2.15. The van der Waals surface area contributed by atoms with Crippen LogP contribution in [0.1, 0.15) is 6.92 Å². The predicted octanol–water partition coefficient (Wildman–Crippen LogP) is 5.22. The molecule has 0 bridgehead atoms. The summed E-state index contributed by atoms with van der Waals surface area (Å²) in [4.78, 5) is 12.3. The average Bonchev–Trinajstić information content (AvgIpc) is 3.06. The lowest BCUT2D eigenvalue weighted by Crippen LogP contribution is -2.15. The van der Waals surface area contributed by atoms with Gasteiger partial charge in [0.05, 0.1) is 11.4 Å². The molecule has 0 aliphatic carbocycles. The van der Waals surface area contributed by atoms with Gasteiger partial charge in [0.25, 0.3) is 0 Å². The summed E-state index contributed by atoms with van der Waals surface area (Å²) >= 11 is 8.22. The zero-order valence-corrected chi connectivity index (χ0v) is 17.9. The number of rotatable bonds is 6. The molecule has 3 rings (SSSR count). The molecule has 0 saturated carbocycles. The molecule has 0 aliphatic heterocycles. The molecule has 0 radical (unpaired) electrons. The summed E-state index contributed by atoms with van der Waals surface area (Å²) in [5, 5.41) is 12.2. The second-order valence-corrected chi connectivity index (χ2v) is 8.09. The summed E-state index contributed by atoms with van der Waals surface area (Å²) in [6, 6.07) is 15.6. The first-order chi connectivity index (χ1) is 12.6. The molecule has 5 nitrogen and oxygen atoms in total. The number of halogens is 2. The number of amides is 1. The molecule has 1 heterocycles. The van der Waals surface area contributed by atoms with Gasteiger partial charge in [-0.25, -0.2) is 0 Å². The molecule has 0 fully saturated rings. The number of carbonyl (C=O) groups excluding carboxylic acids is 1. The first-order valence-corrected chi connectivity index (χ1v) is 10.5. The van der Waals surface area contributed by atoms with Crippen LogP contribution in [0, 0.1) is 0 Å². The van der Waals surface area contributed by atoms with Crippen LogP contribution < -0.4 is 5.32 Å². The number of hydrogen-bond acceptors (Lipinski definition) is 4. The van der Waals surface area contributed by atoms with Crippen molar-refractivity contribution in [2.45, 2.75) is 18.6 Å². The van der Waals surface area contributed by atoms with Crippen molar-refractivity contribution in [2.24, 2.45) is 0 Å². The Morgan fingerprint density at radius 1 is 1.15 bits per heavy atom.